The summed E-state index contributed by atoms with van der Waals surface area (Å²) in [5.41, 5.74) is -0.345. The smallest absolute Gasteiger partial charge is 0.357 e. The minimum atomic E-state index is -4.73. The lowest BCUT2D eigenvalue weighted by Crippen LogP contribution is -2.43. The Morgan fingerprint density at radius 3 is 2.13 bits per heavy atom. The van der Waals surface area contributed by atoms with Crippen molar-refractivity contribution in [2.75, 3.05) is 12.4 Å². The summed E-state index contributed by atoms with van der Waals surface area (Å²) < 4.78 is 39.9. The lowest BCUT2D eigenvalue weighted by Gasteiger charge is -2.15. The maximum absolute atomic E-state index is 13.3. The number of aryl methyl sites for hydroxylation is 1. The van der Waals surface area contributed by atoms with E-state index >= 15 is 0 Å². The van der Waals surface area contributed by atoms with Crippen molar-refractivity contribution >= 4 is 23.4 Å². The number of likely N-dealkylation sites (N-methyl/N-ethyl adjacent to an activating group) is 1. The van der Waals surface area contributed by atoms with E-state index in [4.69, 9.17) is 0 Å². The van der Waals surface area contributed by atoms with Gasteiger partial charge < -0.3 is 16.0 Å². The summed E-state index contributed by atoms with van der Waals surface area (Å²) in [7, 11) is 1.37. The molecule has 0 aliphatic heterocycles. The molecule has 0 saturated heterocycles. The van der Waals surface area contributed by atoms with Gasteiger partial charge in [0, 0.05) is 23.9 Å². The molecule has 2 aromatic rings. The molecule has 3 amide bonds. The summed E-state index contributed by atoms with van der Waals surface area (Å²) in [5, 5.41) is 7.04. The first kappa shape index (κ1) is 22.9. The molecule has 160 valence electrons. The maximum atomic E-state index is 13.3. The van der Waals surface area contributed by atoms with Crippen LogP contribution >= 0.6 is 0 Å². The second-order valence-corrected chi connectivity index (χ2v) is 6.61. The largest absolute Gasteiger partial charge is 0.416 e. The highest BCUT2D eigenvalue weighted by molar-refractivity contribution is 6.05. The molecular weight excluding hydrogens is 399 g/mol. The van der Waals surface area contributed by atoms with Crippen LogP contribution in [-0.4, -0.2) is 30.8 Å². The Morgan fingerprint density at radius 1 is 0.967 bits per heavy atom. The number of amides is 3. The molecule has 0 radical (unpaired) electrons. The van der Waals surface area contributed by atoms with Gasteiger partial charge in [-0.1, -0.05) is 19.1 Å². The van der Waals surface area contributed by atoms with Gasteiger partial charge >= 0.3 is 6.18 Å². The molecule has 3 N–H and O–H groups in total. The van der Waals surface area contributed by atoms with E-state index in [0.29, 0.717) is 6.07 Å². The fraction of sp³-hybridized carbons (Fsp3) is 0.286. The molecule has 0 unspecified atom stereocenters. The minimum Gasteiger partial charge on any atom is -0.357 e. The third-order valence-corrected chi connectivity index (χ3v) is 4.39. The standard InChI is InChI=1S/C21H22F3N3O3/c1-4-13-5-7-14(8-6-13)19(29)27-17-10-15(9-16(11-17)21(22,23)24)20(30)26-12(2)18(28)25-3/h5-12H,4H2,1-3H3,(H,25,28)(H,26,30)(H,27,29)/t12-/m0/s1. The SMILES string of the molecule is CCc1ccc(C(=O)Nc2cc(C(=O)N[C@@H](C)C(=O)NC)cc(C(F)(F)F)c2)cc1. The molecule has 30 heavy (non-hydrogen) atoms. The van der Waals surface area contributed by atoms with Gasteiger partial charge in [-0.15, -0.1) is 0 Å². The second-order valence-electron chi connectivity index (χ2n) is 6.61. The number of hydrogen-bond donors (Lipinski definition) is 3. The van der Waals surface area contributed by atoms with Crippen molar-refractivity contribution in [3.05, 3.63) is 64.7 Å². The Labute approximate surface area is 171 Å². The average Bonchev–Trinajstić information content (AvgIpc) is 2.72. The highest BCUT2D eigenvalue weighted by Crippen LogP contribution is 2.32. The summed E-state index contributed by atoms with van der Waals surface area (Å²) in [6.45, 7) is 3.35. The van der Waals surface area contributed by atoms with Gasteiger partial charge in [0.25, 0.3) is 11.8 Å². The third kappa shape index (κ3) is 5.82. The van der Waals surface area contributed by atoms with Gasteiger partial charge in [-0.25, -0.2) is 0 Å². The predicted molar refractivity (Wildman–Crippen MR) is 106 cm³/mol. The molecule has 2 rings (SSSR count). The van der Waals surface area contributed by atoms with Crippen molar-refractivity contribution in [1.29, 1.82) is 0 Å². The monoisotopic (exact) mass is 421 g/mol. The molecule has 0 fully saturated rings. The zero-order valence-electron chi connectivity index (χ0n) is 16.7. The van der Waals surface area contributed by atoms with Crippen molar-refractivity contribution in [2.45, 2.75) is 32.5 Å². The van der Waals surface area contributed by atoms with Gasteiger partial charge in [0.05, 0.1) is 5.56 Å². The van der Waals surface area contributed by atoms with E-state index in [1.54, 1.807) is 24.3 Å². The quantitative estimate of drug-likeness (QED) is 0.668. The number of carbonyl (C=O) groups excluding carboxylic acids is 3. The summed E-state index contributed by atoms with van der Waals surface area (Å²) in [5.74, 6) is -1.98. The van der Waals surface area contributed by atoms with E-state index in [2.05, 4.69) is 16.0 Å². The predicted octanol–water partition coefficient (Wildman–Crippen LogP) is 3.38. The molecule has 0 aromatic heterocycles. The second kappa shape index (κ2) is 9.43. The highest BCUT2D eigenvalue weighted by atomic mass is 19.4. The molecule has 0 heterocycles. The number of rotatable bonds is 6. The van der Waals surface area contributed by atoms with E-state index in [-0.39, 0.29) is 16.8 Å². The number of benzene rings is 2. The van der Waals surface area contributed by atoms with E-state index in [0.717, 1.165) is 24.1 Å². The van der Waals surface area contributed by atoms with Crippen molar-refractivity contribution in [3.8, 4) is 0 Å². The molecule has 0 spiro atoms. The van der Waals surface area contributed by atoms with E-state index in [9.17, 15) is 27.6 Å². The zero-order valence-corrected chi connectivity index (χ0v) is 16.7. The highest BCUT2D eigenvalue weighted by Gasteiger charge is 2.32. The first-order chi connectivity index (χ1) is 14.0. The van der Waals surface area contributed by atoms with Crippen LogP contribution in [0.25, 0.3) is 0 Å². The fourth-order valence-corrected chi connectivity index (χ4v) is 2.65. The van der Waals surface area contributed by atoms with Crippen LogP contribution in [0.15, 0.2) is 42.5 Å². The van der Waals surface area contributed by atoms with Crippen molar-refractivity contribution < 1.29 is 27.6 Å². The Morgan fingerprint density at radius 2 is 1.60 bits per heavy atom. The van der Waals surface area contributed by atoms with Gasteiger partial charge in [-0.2, -0.15) is 13.2 Å². The number of nitrogens with one attached hydrogen (secondary N) is 3. The van der Waals surface area contributed by atoms with E-state index in [1.165, 1.54) is 14.0 Å². The van der Waals surface area contributed by atoms with Gasteiger partial charge in [0.2, 0.25) is 5.91 Å². The number of alkyl halides is 3. The van der Waals surface area contributed by atoms with Crippen LogP contribution in [0.4, 0.5) is 18.9 Å². The Kier molecular flexibility index (Phi) is 7.20. The molecule has 2 aromatic carbocycles. The molecular formula is C21H22F3N3O3. The Bertz CT molecular complexity index is 941. The van der Waals surface area contributed by atoms with E-state index < -0.39 is 35.5 Å². The summed E-state index contributed by atoms with van der Waals surface area (Å²) in [6, 6.07) is 8.22. The van der Waals surface area contributed by atoms with Crippen molar-refractivity contribution in [2.24, 2.45) is 0 Å². The van der Waals surface area contributed by atoms with Crippen LogP contribution in [0.3, 0.4) is 0 Å². The molecule has 6 nitrogen and oxygen atoms in total. The van der Waals surface area contributed by atoms with Gasteiger partial charge in [-0.05, 0) is 49.2 Å². The van der Waals surface area contributed by atoms with Crippen molar-refractivity contribution in [3.63, 3.8) is 0 Å². The van der Waals surface area contributed by atoms with Crippen LogP contribution in [-0.2, 0) is 17.4 Å². The molecule has 0 aliphatic carbocycles. The molecule has 0 aliphatic rings. The minimum absolute atomic E-state index is 0.188. The number of hydrogen-bond acceptors (Lipinski definition) is 3. The third-order valence-electron chi connectivity index (χ3n) is 4.39. The van der Waals surface area contributed by atoms with Crippen LogP contribution in [0.5, 0.6) is 0 Å². The zero-order chi connectivity index (χ0) is 22.5. The molecule has 1 atom stereocenters. The summed E-state index contributed by atoms with van der Waals surface area (Å²) in [6.07, 6.45) is -3.95. The van der Waals surface area contributed by atoms with Crippen LogP contribution in [0.1, 0.15) is 45.7 Å². The first-order valence-corrected chi connectivity index (χ1v) is 9.20. The Balaban J connectivity index is 2.32. The van der Waals surface area contributed by atoms with Gasteiger partial charge in [-0.3, -0.25) is 14.4 Å². The summed E-state index contributed by atoms with van der Waals surface area (Å²) in [4.78, 5) is 36.3. The van der Waals surface area contributed by atoms with Crippen molar-refractivity contribution in [1.82, 2.24) is 10.6 Å². The topological polar surface area (TPSA) is 87.3 Å². The number of halogens is 3. The lowest BCUT2D eigenvalue weighted by molar-refractivity contribution is -0.137. The van der Waals surface area contributed by atoms with Gasteiger partial charge in [0.1, 0.15) is 6.04 Å². The molecule has 0 bridgehead atoms. The maximum Gasteiger partial charge on any atom is 0.416 e. The molecule has 0 saturated carbocycles. The lowest BCUT2D eigenvalue weighted by atomic mass is 10.1. The van der Waals surface area contributed by atoms with Gasteiger partial charge in [0.15, 0.2) is 0 Å². The molecule has 9 heteroatoms. The van der Waals surface area contributed by atoms with Crippen LogP contribution in [0.2, 0.25) is 0 Å². The summed E-state index contributed by atoms with van der Waals surface area (Å²) >= 11 is 0. The number of anilines is 1. The normalized spacial score (nSPS) is 12.1. The Hall–Kier alpha value is -3.36. The number of carbonyl (C=O) groups is 3. The van der Waals surface area contributed by atoms with Crippen LogP contribution < -0.4 is 16.0 Å². The van der Waals surface area contributed by atoms with E-state index in [1.807, 2.05) is 6.92 Å². The van der Waals surface area contributed by atoms with Crippen LogP contribution in [0, 0.1) is 0 Å². The first-order valence-electron chi connectivity index (χ1n) is 9.20. The average molecular weight is 421 g/mol. The fourth-order valence-electron chi connectivity index (χ4n) is 2.65.